The number of nitrogens with one attached hydrogen (secondary N) is 2. The summed E-state index contributed by atoms with van der Waals surface area (Å²) < 4.78 is 0. The summed E-state index contributed by atoms with van der Waals surface area (Å²) in [6.07, 6.45) is 1.32. The molecular formula is C10H18N2O3. The van der Waals surface area contributed by atoms with E-state index in [0.29, 0.717) is 18.6 Å². The fourth-order valence-electron chi connectivity index (χ4n) is 1.12. The van der Waals surface area contributed by atoms with Crippen LogP contribution in [0.3, 0.4) is 0 Å². The molecule has 0 heterocycles. The molecule has 0 bridgehead atoms. The summed E-state index contributed by atoms with van der Waals surface area (Å²) in [5.74, 6) is -0.277. The van der Waals surface area contributed by atoms with Gasteiger partial charge in [-0.15, -0.1) is 0 Å². The molecule has 0 spiro atoms. The highest BCUT2D eigenvalue weighted by Crippen LogP contribution is 2.02. The molecule has 0 aliphatic heterocycles. The largest absolute Gasteiger partial charge is 0.347 e. The highest BCUT2D eigenvalue weighted by atomic mass is 16.2. The van der Waals surface area contributed by atoms with Crippen LogP contribution < -0.4 is 10.6 Å². The molecule has 0 saturated heterocycles. The van der Waals surface area contributed by atoms with E-state index in [0.717, 1.165) is 0 Å². The van der Waals surface area contributed by atoms with E-state index in [1.54, 1.807) is 0 Å². The SMILES string of the molecule is CC(=O)NCC(=O)NC(C=O)CC(C)C. The minimum Gasteiger partial charge on any atom is -0.347 e. The van der Waals surface area contributed by atoms with Gasteiger partial charge in [0.05, 0.1) is 12.6 Å². The lowest BCUT2D eigenvalue weighted by Gasteiger charge is -2.14. The quantitative estimate of drug-likeness (QED) is 0.604. The van der Waals surface area contributed by atoms with Gasteiger partial charge in [-0.05, 0) is 12.3 Å². The summed E-state index contributed by atoms with van der Waals surface area (Å²) in [4.78, 5) is 32.3. The molecule has 0 aromatic rings. The molecule has 0 aromatic carbocycles. The molecule has 0 aliphatic carbocycles. The van der Waals surface area contributed by atoms with Gasteiger partial charge in [0.25, 0.3) is 0 Å². The van der Waals surface area contributed by atoms with Crippen molar-refractivity contribution in [2.24, 2.45) is 5.92 Å². The maximum absolute atomic E-state index is 11.2. The summed E-state index contributed by atoms with van der Waals surface area (Å²) in [5, 5.41) is 4.89. The third-order valence-corrected chi connectivity index (χ3v) is 1.73. The van der Waals surface area contributed by atoms with E-state index < -0.39 is 6.04 Å². The Bertz CT molecular complexity index is 239. The summed E-state index contributed by atoms with van der Waals surface area (Å²) in [6.45, 7) is 5.18. The van der Waals surface area contributed by atoms with Crippen molar-refractivity contribution in [2.75, 3.05) is 6.54 Å². The van der Waals surface area contributed by atoms with Crippen molar-refractivity contribution in [3.63, 3.8) is 0 Å². The minimum atomic E-state index is -0.466. The van der Waals surface area contributed by atoms with E-state index in [9.17, 15) is 14.4 Å². The Morgan fingerprint density at radius 3 is 2.33 bits per heavy atom. The monoisotopic (exact) mass is 214 g/mol. The van der Waals surface area contributed by atoms with Crippen LogP contribution in [-0.4, -0.2) is 30.7 Å². The second-order valence-electron chi connectivity index (χ2n) is 3.85. The van der Waals surface area contributed by atoms with Gasteiger partial charge in [0.1, 0.15) is 6.29 Å². The molecule has 0 fully saturated rings. The van der Waals surface area contributed by atoms with Crippen molar-refractivity contribution in [3.8, 4) is 0 Å². The van der Waals surface area contributed by atoms with Gasteiger partial charge < -0.3 is 15.4 Å². The van der Waals surface area contributed by atoms with E-state index in [1.807, 2.05) is 13.8 Å². The Morgan fingerprint density at radius 2 is 1.93 bits per heavy atom. The van der Waals surface area contributed by atoms with Crippen LogP contribution in [0.4, 0.5) is 0 Å². The Kier molecular flexibility index (Phi) is 6.33. The molecule has 1 unspecified atom stereocenters. The molecule has 0 saturated carbocycles. The Morgan fingerprint density at radius 1 is 1.33 bits per heavy atom. The highest BCUT2D eigenvalue weighted by Gasteiger charge is 2.12. The van der Waals surface area contributed by atoms with Gasteiger partial charge >= 0.3 is 0 Å². The van der Waals surface area contributed by atoms with Gasteiger partial charge in [0, 0.05) is 6.92 Å². The number of rotatable bonds is 6. The third-order valence-electron chi connectivity index (χ3n) is 1.73. The zero-order chi connectivity index (χ0) is 11.8. The van der Waals surface area contributed by atoms with Crippen LogP contribution in [0.1, 0.15) is 27.2 Å². The molecule has 5 nitrogen and oxygen atoms in total. The fourth-order valence-corrected chi connectivity index (χ4v) is 1.12. The van der Waals surface area contributed by atoms with Crippen LogP contribution in [0.15, 0.2) is 0 Å². The van der Waals surface area contributed by atoms with Crippen molar-refractivity contribution < 1.29 is 14.4 Å². The molecule has 5 heteroatoms. The molecule has 0 radical (unpaired) electrons. The van der Waals surface area contributed by atoms with Crippen molar-refractivity contribution in [2.45, 2.75) is 33.2 Å². The molecule has 0 aliphatic rings. The normalized spacial score (nSPS) is 12.0. The number of hydrogen-bond acceptors (Lipinski definition) is 3. The molecular weight excluding hydrogens is 196 g/mol. The number of aldehydes is 1. The Balaban J connectivity index is 3.90. The fraction of sp³-hybridized carbons (Fsp3) is 0.700. The smallest absolute Gasteiger partial charge is 0.239 e. The second kappa shape index (κ2) is 6.98. The maximum atomic E-state index is 11.2. The molecule has 86 valence electrons. The van der Waals surface area contributed by atoms with E-state index in [2.05, 4.69) is 10.6 Å². The predicted octanol–water partition coefficient (Wildman–Crippen LogP) is -0.148. The molecule has 2 amide bonds. The topological polar surface area (TPSA) is 75.3 Å². The first-order valence-corrected chi connectivity index (χ1v) is 4.94. The molecule has 0 rings (SSSR count). The first kappa shape index (κ1) is 13.6. The van der Waals surface area contributed by atoms with Gasteiger partial charge in [0.2, 0.25) is 11.8 Å². The number of hydrogen-bond donors (Lipinski definition) is 2. The zero-order valence-corrected chi connectivity index (χ0v) is 9.37. The van der Waals surface area contributed by atoms with Crippen molar-refractivity contribution >= 4 is 18.1 Å². The lowest BCUT2D eigenvalue weighted by molar-refractivity contribution is -0.126. The van der Waals surface area contributed by atoms with Gasteiger partial charge in [-0.3, -0.25) is 9.59 Å². The van der Waals surface area contributed by atoms with Crippen LogP contribution in [0, 0.1) is 5.92 Å². The number of carbonyl (C=O) groups excluding carboxylic acids is 3. The zero-order valence-electron chi connectivity index (χ0n) is 9.37. The molecule has 2 N–H and O–H groups in total. The van der Waals surface area contributed by atoms with Gasteiger partial charge in [-0.2, -0.15) is 0 Å². The summed E-state index contributed by atoms with van der Waals surface area (Å²) in [5.41, 5.74) is 0. The first-order chi connectivity index (χ1) is 6.95. The number of carbonyl (C=O) groups is 3. The summed E-state index contributed by atoms with van der Waals surface area (Å²) in [7, 11) is 0. The van der Waals surface area contributed by atoms with E-state index in [4.69, 9.17) is 0 Å². The first-order valence-electron chi connectivity index (χ1n) is 4.94. The van der Waals surface area contributed by atoms with Crippen LogP contribution in [0.2, 0.25) is 0 Å². The molecule has 15 heavy (non-hydrogen) atoms. The molecule has 0 aromatic heterocycles. The van der Waals surface area contributed by atoms with E-state index in [-0.39, 0.29) is 18.4 Å². The van der Waals surface area contributed by atoms with E-state index in [1.165, 1.54) is 6.92 Å². The minimum absolute atomic E-state index is 0.0855. The average Bonchev–Trinajstić information content (AvgIpc) is 2.13. The van der Waals surface area contributed by atoms with Crippen molar-refractivity contribution in [1.82, 2.24) is 10.6 Å². The van der Waals surface area contributed by atoms with E-state index >= 15 is 0 Å². The van der Waals surface area contributed by atoms with Crippen molar-refractivity contribution in [3.05, 3.63) is 0 Å². The standard InChI is InChI=1S/C10H18N2O3/c1-7(2)4-9(6-13)12-10(15)5-11-8(3)14/h6-7,9H,4-5H2,1-3H3,(H,11,14)(H,12,15). The summed E-state index contributed by atoms with van der Waals surface area (Å²) >= 11 is 0. The van der Waals surface area contributed by atoms with Gasteiger partial charge in [-0.1, -0.05) is 13.8 Å². The van der Waals surface area contributed by atoms with Crippen LogP contribution in [0.25, 0.3) is 0 Å². The summed E-state index contributed by atoms with van der Waals surface area (Å²) in [6, 6.07) is -0.466. The lowest BCUT2D eigenvalue weighted by atomic mass is 10.1. The van der Waals surface area contributed by atoms with Gasteiger partial charge in [0.15, 0.2) is 0 Å². The van der Waals surface area contributed by atoms with Crippen LogP contribution >= 0.6 is 0 Å². The molecule has 1 atom stereocenters. The Hall–Kier alpha value is -1.39. The van der Waals surface area contributed by atoms with Crippen LogP contribution in [0.5, 0.6) is 0 Å². The highest BCUT2D eigenvalue weighted by molar-refractivity contribution is 5.85. The van der Waals surface area contributed by atoms with Crippen LogP contribution in [-0.2, 0) is 14.4 Å². The number of amides is 2. The Labute approximate surface area is 89.6 Å². The lowest BCUT2D eigenvalue weighted by Crippen LogP contribution is -2.42. The second-order valence-corrected chi connectivity index (χ2v) is 3.85. The van der Waals surface area contributed by atoms with Gasteiger partial charge in [-0.25, -0.2) is 0 Å². The average molecular weight is 214 g/mol. The third kappa shape index (κ3) is 7.66. The van der Waals surface area contributed by atoms with Crippen molar-refractivity contribution in [1.29, 1.82) is 0 Å². The maximum Gasteiger partial charge on any atom is 0.239 e. The predicted molar refractivity (Wildman–Crippen MR) is 56.1 cm³/mol.